The molecule has 0 fully saturated rings. The summed E-state index contributed by atoms with van der Waals surface area (Å²) in [6.07, 6.45) is 3.16. The first-order valence-electron chi connectivity index (χ1n) is 5.41. The third kappa shape index (κ3) is 2.23. The zero-order valence-corrected chi connectivity index (χ0v) is 9.90. The molecule has 3 rings (SSSR count). The lowest BCUT2D eigenvalue weighted by Crippen LogP contribution is -2.10. The molecule has 0 aliphatic carbocycles. The number of nitrogens with one attached hydrogen (secondary N) is 1. The fourth-order valence-corrected chi connectivity index (χ4v) is 1.47. The van der Waals surface area contributed by atoms with Gasteiger partial charge in [0.25, 0.3) is 11.8 Å². The predicted octanol–water partition coefficient (Wildman–Crippen LogP) is 1.32. The van der Waals surface area contributed by atoms with Gasteiger partial charge in [-0.05, 0) is 18.2 Å². The molecular weight excluding hydrogens is 250 g/mol. The molecule has 0 unspecified atom stereocenters. The maximum Gasteiger partial charge on any atom is 0.322 e. The van der Waals surface area contributed by atoms with Crippen LogP contribution in [0.2, 0.25) is 0 Å². The Balaban J connectivity index is 1.77. The summed E-state index contributed by atoms with van der Waals surface area (Å²) in [7, 11) is 1.78. The molecule has 8 nitrogen and oxygen atoms in total. The number of anilines is 1. The van der Waals surface area contributed by atoms with Gasteiger partial charge in [0.1, 0.15) is 5.69 Å². The summed E-state index contributed by atoms with van der Waals surface area (Å²) in [6.45, 7) is 0. The molecule has 1 N–H and O–H groups in total. The average Bonchev–Trinajstić information content (AvgIpc) is 3.07. The molecule has 3 heterocycles. The number of hydrogen-bond donors (Lipinski definition) is 1. The van der Waals surface area contributed by atoms with E-state index in [2.05, 4.69) is 20.6 Å². The zero-order valence-electron chi connectivity index (χ0n) is 9.90. The number of carbonyl (C=O) groups is 1. The second-order valence-corrected chi connectivity index (χ2v) is 3.72. The molecule has 0 aliphatic rings. The standard InChI is InChI=1S/C11H9N5O3/c1-16-5-4-7(15-16)10-13-14-11(19-10)12-9(17)8-3-2-6-18-8/h2-6H,1H3,(H,12,14,17). The number of aryl methyl sites for hydroxylation is 1. The maximum atomic E-state index is 11.7. The second-order valence-electron chi connectivity index (χ2n) is 3.72. The Hall–Kier alpha value is -2.90. The largest absolute Gasteiger partial charge is 0.459 e. The number of aromatic nitrogens is 4. The van der Waals surface area contributed by atoms with Gasteiger partial charge in [-0.2, -0.15) is 5.10 Å². The third-order valence-corrected chi connectivity index (χ3v) is 2.32. The summed E-state index contributed by atoms with van der Waals surface area (Å²) in [6, 6.07) is 4.86. The van der Waals surface area contributed by atoms with E-state index in [4.69, 9.17) is 8.83 Å². The quantitative estimate of drug-likeness (QED) is 0.761. The van der Waals surface area contributed by atoms with Crippen LogP contribution in [0.4, 0.5) is 6.01 Å². The van der Waals surface area contributed by atoms with Crippen LogP contribution < -0.4 is 5.32 Å². The maximum absolute atomic E-state index is 11.7. The lowest BCUT2D eigenvalue weighted by atomic mass is 10.4. The van der Waals surface area contributed by atoms with Crippen molar-refractivity contribution in [2.45, 2.75) is 0 Å². The van der Waals surface area contributed by atoms with Gasteiger partial charge in [-0.1, -0.05) is 5.10 Å². The highest BCUT2D eigenvalue weighted by Crippen LogP contribution is 2.17. The highest BCUT2D eigenvalue weighted by atomic mass is 16.4. The summed E-state index contributed by atoms with van der Waals surface area (Å²) < 4.78 is 11.8. The topological polar surface area (TPSA) is 99.0 Å². The fourth-order valence-electron chi connectivity index (χ4n) is 1.47. The van der Waals surface area contributed by atoms with E-state index in [-0.39, 0.29) is 17.7 Å². The number of nitrogens with zero attached hydrogens (tertiary/aromatic N) is 4. The number of furan rings is 1. The lowest BCUT2D eigenvalue weighted by Gasteiger charge is -1.95. The first-order chi connectivity index (χ1) is 9.22. The first kappa shape index (κ1) is 11.2. The molecule has 3 aromatic rings. The average molecular weight is 259 g/mol. The molecule has 0 spiro atoms. The van der Waals surface area contributed by atoms with Gasteiger partial charge in [-0.15, -0.1) is 5.10 Å². The molecule has 1 amide bonds. The highest BCUT2D eigenvalue weighted by molar-refractivity contribution is 6.00. The van der Waals surface area contributed by atoms with Gasteiger partial charge >= 0.3 is 6.01 Å². The first-order valence-corrected chi connectivity index (χ1v) is 5.41. The van der Waals surface area contributed by atoms with Crippen molar-refractivity contribution in [3.63, 3.8) is 0 Å². The van der Waals surface area contributed by atoms with Crippen molar-refractivity contribution < 1.29 is 13.6 Å². The van der Waals surface area contributed by atoms with E-state index in [1.54, 1.807) is 30.1 Å². The molecule has 0 aliphatic heterocycles. The number of carbonyl (C=O) groups excluding carboxylic acids is 1. The van der Waals surface area contributed by atoms with Crippen LogP contribution in [0.15, 0.2) is 39.5 Å². The van der Waals surface area contributed by atoms with Gasteiger partial charge in [0.15, 0.2) is 5.76 Å². The molecule has 96 valence electrons. The molecule has 19 heavy (non-hydrogen) atoms. The molecule has 0 saturated heterocycles. The van der Waals surface area contributed by atoms with E-state index in [1.807, 2.05) is 0 Å². The van der Waals surface area contributed by atoms with Gasteiger partial charge in [-0.25, -0.2) is 0 Å². The highest BCUT2D eigenvalue weighted by Gasteiger charge is 2.15. The van der Waals surface area contributed by atoms with Crippen molar-refractivity contribution in [3.8, 4) is 11.6 Å². The molecule has 0 saturated carbocycles. The minimum atomic E-state index is -0.457. The Kier molecular flexibility index (Phi) is 2.60. The van der Waals surface area contributed by atoms with Gasteiger partial charge < -0.3 is 8.83 Å². The molecule has 3 aromatic heterocycles. The molecular formula is C11H9N5O3. The van der Waals surface area contributed by atoms with Crippen LogP contribution in [0.25, 0.3) is 11.6 Å². The van der Waals surface area contributed by atoms with Gasteiger partial charge in [-0.3, -0.25) is 14.8 Å². The van der Waals surface area contributed by atoms with Crippen LogP contribution in [0.3, 0.4) is 0 Å². The SMILES string of the molecule is Cn1ccc(-c2nnc(NC(=O)c3ccco3)o2)n1. The molecule has 0 aromatic carbocycles. The predicted molar refractivity (Wildman–Crippen MR) is 63.2 cm³/mol. The molecule has 0 atom stereocenters. The van der Waals surface area contributed by atoms with Crippen LogP contribution in [-0.4, -0.2) is 25.9 Å². The summed E-state index contributed by atoms with van der Waals surface area (Å²) in [4.78, 5) is 11.7. The Morgan fingerprint density at radius 2 is 2.26 bits per heavy atom. The van der Waals surface area contributed by atoms with Crippen LogP contribution in [-0.2, 0) is 7.05 Å². The smallest absolute Gasteiger partial charge is 0.322 e. The summed E-state index contributed by atoms with van der Waals surface area (Å²) >= 11 is 0. The Bertz CT molecular complexity index is 698. The van der Waals surface area contributed by atoms with Crippen LogP contribution >= 0.6 is 0 Å². The lowest BCUT2D eigenvalue weighted by molar-refractivity contribution is 0.0994. The summed E-state index contributed by atoms with van der Waals surface area (Å²) in [5.41, 5.74) is 0.536. The molecule has 0 radical (unpaired) electrons. The van der Waals surface area contributed by atoms with Crippen LogP contribution in [0, 0.1) is 0 Å². The van der Waals surface area contributed by atoms with Crippen molar-refractivity contribution in [2.24, 2.45) is 7.05 Å². The van der Waals surface area contributed by atoms with Gasteiger partial charge in [0, 0.05) is 13.2 Å². The van der Waals surface area contributed by atoms with Crippen molar-refractivity contribution in [1.82, 2.24) is 20.0 Å². The molecule has 8 heteroatoms. The van der Waals surface area contributed by atoms with Gasteiger partial charge in [0.2, 0.25) is 0 Å². The number of rotatable bonds is 3. The minimum Gasteiger partial charge on any atom is -0.459 e. The van der Waals surface area contributed by atoms with Crippen molar-refractivity contribution in [3.05, 3.63) is 36.4 Å². The van der Waals surface area contributed by atoms with Crippen molar-refractivity contribution in [1.29, 1.82) is 0 Å². The minimum absolute atomic E-state index is 0.0120. The van der Waals surface area contributed by atoms with E-state index in [9.17, 15) is 4.79 Å². The fraction of sp³-hybridized carbons (Fsp3) is 0.0909. The number of amides is 1. The molecule has 0 bridgehead atoms. The van der Waals surface area contributed by atoms with Crippen molar-refractivity contribution in [2.75, 3.05) is 5.32 Å². The summed E-state index contributed by atoms with van der Waals surface area (Å²) in [5, 5.41) is 14.1. The van der Waals surface area contributed by atoms with E-state index >= 15 is 0 Å². The number of hydrogen-bond acceptors (Lipinski definition) is 6. The Morgan fingerprint density at radius 3 is 2.95 bits per heavy atom. The van der Waals surface area contributed by atoms with E-state index in [0.717, 1.165) is 0 Å². The van der Waals surface area contributed by atoms with E-state index in [0.29, 0.717) is 5.69 Å². The monoisotopic (exact) mass is 259 g/mol. The van der Waals surface area contributed by atoms with E-state index in [1.165, 1.54) is 12.3 Å². The van der Waals surface area contributed by atoms with Crippen LogP contribution in [0.5, 0.6) is 0 Å². The zero-order chi connectivity index (χ0) is 13.2. The Morgan fingerprint density at radius 1 is 1.37 bits per heavy atom. The van der Waals surface area contributed by atoms with Crippen LogP contribution in [0.1, 0.15) is 10.6 Å². The second kappa shape index (κ2) is 4.41. The van der Waals surface area contributed by atoms with Crippen molar-refractivity contribution >= 4 is 11.9 Å². The normalized spacial score (nSPS) is 10.6. The third-order valence-electron chi connectivity index (χ3n) is 2.32. The summed E-state index contributed by atoms with van der Waals surface area (Å²) in [5.74, 6) is -0.0610. The Labute approximate surface area is 107 Å². The van der Waals surface area contributed by atoms with Gasteiger partial charge in [0.05, 0.1) is 6.26 Å². The van der Waals surface area contributed by atoms with E-state index < -0.39 is 5.91 Å².